The second-order valence-electron chi connectivity index (χ2n) is 6.80. The summed E-state index contributed by atoms with van der Waals surface area (Å²) in [5.74, 6) is 0.770. The van der Waals surface area contributed by atoms with Gasteiger partial charge in [-0.2, -0.15) is 0 Å². The number of nitrogens with zero attached hydrogens (tertiary/aromatic N) is 3. The monoisotopic (exact) mass is 378 g/mol. The molecular formula is C18H21F3N6. The number of alkyl halides is 2. The lowest BCUT2D eigenvalue weighted by Crippen LogP contribution is -2.46. The van der Waals surface area contributed by atoms with Gasteiger partial charge in [0.1, 0.15) is 11.6 Å². The van der Waals surface area contributed by atoms with Crippen molar-refractivity contribution in [2.75, 3.05) is 18.0 Å². The normalized spacial score (nSPS) is 20.6. The van der Waals surface area contributed by atoms with Gasteiger partial charge in [-0.05, 0) is 30.6 Å². The maximum Gasteiger partial charge on any atom is 0.279 e. The molecule has 0 saturated carbocycles. The average molecular weight is 378 g/mol. The lowest BCUT2D eigenvalue weighted by atomic mass is 9.96. The summed E-state index contributed by atoms with van der Waals surface area (Å²) in [7, 11) is 0. The summed E-state index contributed by atoms with van der Waals surface area (Å²) in [5.41, 5.74) is 5.94. The zero-order valence-electron chi connectivity index (χ0n) is 14.8. The third-order valence-electron chi connectivity index (χ3n) is 4.40. The zero-order chi connectivity index (χ0) is 19.6. The van der Waals surface area contributed by atoms with E-state index in [-0.39, 0.29) is 17.4 Å². The molecule has 0 amide bonds. The van der Waals surface area contributed by atoms with Crippen molar-refractivity contribution in [3.8, 4) is 11.3 Å². The summed E-state index contributed by atoms with van der Waals surface area (Å²) < 4.78 is 39.0. The number of allylic oxidation sites excluding steroid dienone is 1. The SMILES string of the molecule is CC1CC(N)CN(c2cc(-c3cnc(/C=C\C(=N)C(F)F)[nH]3)c(F)cn2)C1. The van der Waals surface area contributed by atoms with Gasteiger partial charge < -0.3 is 15.6 Å². The second kappa shape index (κ2) is 7.91. The van der Waals surface area contributed by atoms with E-state index in [1.807, 2.05) is 4.90 Å². The summed E-state index contributed by atoms with van der Waals surface area (Å²) in [4.78, 5) is 13.1. The van der Waals surface area contributed by atoms with Crippen LogP contribution in [0.5, 0.6) is 0 Å². The minimum atomic E-state index is -2.85. The topological polar surface area (TPSA) is 94.7 Å². The number of halogens is 3. The number of imidazole rings is 1. The molecule has 1 aliphatic heterocycles. The smallest absolute Gasteiger partial charge is 0.279 e. The Bertz CT molecular complexity index is 837. The van der Waals surface area contributed by atoms with Crippen LogP contribution in [0.25, 0.3) is 17.3 Å². The van der Waals surface area contributed by atoms with Gasteiger partial charge in [0.25, 0.3) is 6.43 Å². The van der Waals surface area contributed by atoms with Crippen LogP contribution < -0.4 is 10.6 Å². The number of piperidine rings is 1. The Balaban J connectivity index is 1.84. The molecule has 1 aliphatic rings. The highest BCUT2D eigenvalue weighted by molar-refractivity contribution is 5.97. The van der Waals surface area contributed by atoms with E-state index in [1.54, 1.807) is 6.07 Å². The molecule has 0 aliphatic carbocycles. The molecule has 27 heavy (non-hydrogen) atoms. The second-order valence-corrected chi connectivity index (χ2v) is 6.80. The number of hydrogen-bond acceptors (Lipinski definition) is 5. The Hall–Kier alpha value is -2.68. The fraction of sp³-hybridized carbons (Fsp3) is 0.389. The van der Waals surface area contributed by atoms with Gasteiger partial charge in [0.2, 0.25) is 0 Å². The number of aromatic nitrogens is 3. The quantitative estimate of drug-likeness (QED) is 0.697. The molecule has 6 nitrogen and oxygen atoms in total. The highest BCUT2D eigenvalue weighted by atomic mass is 19.3. The highest BCUT2D eigenvalue weighted by Gasteiger charge is 2.24. The van der Waals surface area contributed by atoms with Gasteiger partial charge >= 0.3 is 0 Å². The third-order valence-corrected chi connectivity index (χ3v) is 4.40. The first-order valence-electron chi connectivity index (χ1n) is 8.59. The lowest BCUT2D eigenvalue weighted by molar-refractivity contribution is 0.226. The van der Waals surface area contributed by atoms with Crippen molar-refractivity contribution in [1.82, 2.24) is 15.0 Å². The minimum Gasteiger partial charge on any atom is -0.355 e. The van der Waals surface area contributed by atoms with E-state index >= 15 is 0 Å². The molecule has 144 valence electrons. The number of rotatable bonds is 5. The van der Waals surface area contributed by atoms with Crippen LogP contribution in [-0.4, -0.2) is 46.2 Å². The molecule has 2 atom stereocenters. The van der Waals surface area contributed by atoms with Crippen LogP contribution in [0.3, 0.4) is 0 Å². The number of hydrogen-bond donors (Lipinski definition) is 3. The number of aromatic amines is 1. The standard InChI is InChI=1S/C18H21F3N6/c1-10-4-11(22)9-27(8-10)17-5-12(13(19)6-25-17)15-7-24-16(26-15)3-2-14(23)18(20)21/h2-3,5-7,10-11,18,23H,4,8-9,22H2,1H3,(H,24,26)/b3-2-,23-14?. The van der Waals surface area contributed by atoms with E-state index in [4.69, 9.17) is 11.1 Å². The highest BCUT2D eigenvalue weighted by Crippen LogP contribution is 2.27. The fourth-order valence-electron chi connectivity index (χ4n) is 3.19. The number of pyridine rings is 1. The molecular weight excluding hydrogens is 357 g/mol. The number of nitrogens with two attached hydrogens (primary N) is 1. The largest absolute Gasteiger partial charge is 0.355 e. The Morgan fingerprint density at radius 1 is 1.37 bits per heavy atom. The first-order valence-corrected chi connectivity index (χ1v) is 8.59. The Morgan fingerprint density at radius 3 is 2.85 bits per heavy atom. The van der Waals surface area contributed by atoms with Gasteiger partial charge in [0.05, 0.1) is 23.8 Å². The third kappa shape index (κ3) is 4.54. The molecule has 4 N–H and O–H groups in total. The van der Waals surface area contributed by atoms with Crippen LogP contribution in [0.2, 0.25) is 0 Å². The van der Waals surface area contributed by atoms with Crippen LogP contribution in [0.4, 0.5) is 19.0 Å². The van der Waals surface area contributed by atoms with Gasteiger partial charge in [0, 0.05) is 24.7 Å². The number of nitrogens with one attached hydrogen (secondary N) is 2. The maximum absolute atomic E-state index is 14.3. The fourth-order valence-corrected chi connectivity index (χ4v) is 3.19. The van der Waals surface area contributed by atoms with Crippen molar-refractivity contribution >= 4 is 17.6 Å². The van der Waals surface area contributed by atoms with E-state index in [2.05, 4.69) is 21.9 Å². The van der Waals surface area contributed by atoms with E-state index in [1.165, 1.54) is 12.3 Å². The van der Waals surface area contributed by atoms with Gasteiger partial charge in [-0.1, -0.05) is 6.92 Å². The summed E-state index contributed by atoms with van der Waals surface area (Å²) in [6.07, 6.45) is 2.86. The predicted molar refractivity (Wildman–Crippen MR) is 98.5 cm³/mol. The molecule has 0 aromatic carbocycles. The van der Waals surface area contributed by atoms with Gasteiger partial charge in [-0.25, -0.2) is 23.1 Å². The number of H-pyrrole nitrogens is 1. The van der Waals surface area contributed by atoms with Crippen LogP contribution in [0.1, 0.15) is 19.2 Å². The number of anilines is 1. The van der Waals surface area contributed by atoms with Gasteiger partial charge in [-0.15, -0.1) is 0 Å². The van der Waals surface area contributed by atoms with Crippen LogP contribution in [0, 0.1) is 17.1 Å². The molecule has 0 spiro atoms. The maximum atomic E-state index is 14.3. The molecule has 0 radical (unpaired) electrons. The lowest BCUT2D eigenvalue weighted by Gasteiger charge is -2.35. The minimum absolute atomic E-state index is 0.0399. The molecule has 2 aromatic rings. The van der Waals surface area contributed by atoms with Gasteiger partial charge in [-0.3, -0.25) is 5.41 Å². The summed E-state index contributed by atoms with van der Waals surface area (Å²) >= 11 is 0. The van der Waals surface area contributed by atoms with E-state index in [0.717, 1.165) is 25.2 Å². The average Bonchev–Trinajstić information content (AvgIpc) is 3.07. The Morgan fingerprint density at radius 2 is 2.15 bits per heavy atom. The molecule has 9 heteroatoms. The van der Waals surface area contributed by atoms with Crippen molar-refractivity contribution in [2.24, 2.45) is 11.7 Å². The van der Waals surface area contributed by atoms with E-state index in [0.29, 0.717) is 24.0 Å². The van der Waals surface area contributed by atoms with Crippen molar-refractivity contribution in [1.29, 1.82) is 5.41 Å². The zero-order valence-corrected chi connectivity index (χ0v) is 14.8. The molecule has 3 heterocycles. The molecule has 1 saturated heterocycles. The molecule has 1 fully saturated rings. The molecule has 0 bridgehead atoms. The van der Waals surface area contributed by atoms with Crippen molar-refractivity contribution in [3.63, 3.8) is 0 Å². The van der Waals surface area contributed by atoms with Crippen LogP contribution in [-0.2, 0) is 0 Å². The Labute approximate surface area is 154 Å². The van der Waals surface area contributed by atoms with Crippen LogP contribution in [0.15, 0.2) is 24.5 Å². The first kappa shape index (κ1) is 19.1. The van der Waals surface area contributed by atoms with Crippen LogP contribution >= 0.6 is 0 Å². The Kier molecular flexibility index (Phi) is 5.59. The molecule has 2 unspecified atom stereocenters. The summed E-state index contributed by atoms with van der Waals surface area (Å²) in [6.45, 7) is 3.55. The summed E-state index contributed by atoms with van der Waals surface area (Å²) in [6, 6.07) is 1.67. The predicted octanol–water partition coefficient (Wildman–Crippen LogP) is 3.08. The van der Waals surface area contributed by atoms with Crippen molar-refractivity contribution < 1.29 is 13.2 Å². The van der Waals surface area contributed by atoms with Gasteiger partial charge in [0.15, 0.2) is 5.82 Å². The van der Waals surface area contributed by atoms with Crippen molar-refractivity contribution in [2.45, 2.75) is 25.8 Å². The van der Waals surface area contributed by atoms with Crippen molar-refractivity contribution in [3.05, 3.63) is 36.2 Å². The summed E-state index contributed by atoms with van der Waals surface area (Å²) in [5, 5.41) is 7.11. The van der Waals surface area contributed by atoms with E-state index < -0.39 is 18.0 Å². The molecule has 2 aromatic heterocycles. The van der Waals surface area contributed by atoms with E-state index in [9.17, 15) is 13.2 Å². The first-order chi connectivity index (χ1) is 12.8. The molecule has 3 rings (SSSR count).